The summed E-state index contributed by atoms with van der Waals surface area (Å²) in [4.78, 5) is 21.7. The first kappa shape index (κ1) is 16.7. The van der Waals surface area contributed by atoms with Crippen LogP contribution in [0.25, 0.3) is 11.5 Å². The molecule has 1 aromatic carbocycles. The number of aromatic nitrogens is 4. The van der Waals surface area contributed by atoms with Crippen LogP contribution in [0.3, 0.4) is 0 Å². The zero-order valence-electron chi connectivity index (χ0n) is 12.8. The molecule has 0 atom stereocenters. The Morgan fingerprint density at radius 1 is 1.24 bits per heavy atom. The van der Waals surface area contributed by atoms with E-state index in [-0.39, 0.29) is 23.7 Å². The smallest absolute Gasteiger partial charge is 0.439 e. The van der Waals surface area contributed by atoms with Gasteiger partial charge in [0.15, 0.2) is 0 Å². The lowest BCUT2D eigenvalue weighted by Gasteiger charge is -2.13. The van der Waals surface area contributed by atoms with E-state index in [1.165, 1.54) is 31.6 Å². The maximum Gasteiger partial charge on any atom is 0.439 e. The van der Waals surface area contributed by atoms with Gasteiger partial charge in [-0.15, -0.1) is 0 Å². The van der Waals surface area contributed by atoms with Gasteiger partial charge in [0, 0.05) is 18.8 Å². The maximum absolute atomic E-state index is 12.9. The Bertz CT molecular complexity index is 949. The van der Waals surface area contributed by atoms with E-state index >= 15 is 0 Å². The SMILES string of the molecule is COc1cc(Cc2nccnc2-c2noc(=O)[nH]2)ccc1C(F)(F)F. The van der Waals surface area contributed by atoms with Crippen LogP contribution in [0.5, 0.6) is 5.75 Å². The molecule has 10 heteroatoms. The van der Waals surface area contributed by atoms with Crippen molar-refractivity contribution in [3.8, 4) is 17.3 Å². The monoisotopic (exact) mass is 352 g/mol. The second-order valence-corrected chi connectivity index (χ2v) is 5.00. The summed E-state index contributed by atoms with van der Waals surface area (Å²) in [6, 6.07) is 3.56. The van der Waals surface area contributed by atoms with Gasteiger partial charge in [-0.05, 0) is 17.7 Å². The third-order valence-corrected chi connectivity index (χ3v) is 3.38. The van der Waals surface area contributed by atoms with Gasteiger partial charge in [0.05, 0.1) is 18.4 Å². The largest absolute Gasteiger partial charge is 0.496 e. The van der Waals surface area contributed by atoms with Crippen molar-refractivity contribution in [2.24, 2.45) is 0 Å². The summed E-state index contributed by atoms with van der Waals surface area (Å²) in [5.41, 5.74) is 0.345. The predicted molar refractivity (Wildman–Crippen MR) is 79.0 cm³/mol. The van der Waals surface area contributed by atoms with Gasteiger partial charge in [-0.3, -0.25) is 14.5 Å². The average molecular weight is 352 g/mol. The van der Waals surface area contributed by atoms with E-state index < -0.39 is 17.5 Å². The summed E-state index contributed by atoms with van der Waals surface area (Å²) in [6.45, 7) is 0. The van der Waals surface area contributed by atoms with Gasteiger partial charge in [0.25, 0.3) is 0 Å². The molecule has 130 valence electrons. The van der Waals surface area contributed by atoms with Crippen LogP contribution >= 0.6 is 0 Å². The van der Waals surface area contributed by atoms with Crippen molar-refractivity contribution in [2.75, 3.05) is 7.11 Å². The molecule has 0 radical (unpaired) electrons. The Hall–Kier alpha value is -3.17. The Labute approximate surface area is 138 Å². The fourth-order valence-electron chi connectivity index (χ4n) is 2.30. The van der Waals surface area contributed by atoms with Crippen LogP contribution in [-0.2, 0) is 12.6 Å². The molecule has 0 saturated carbocycles. The van der Waals surface area contributed by atoms with E-state index in [1.54, 1.807) is 0 Å². The molecule has 3 aromatic rings. The van der Waals surface area contributed by atoms with Gasteiger partial charge in [-0.1, -0.05) is 11.2 Å². The van der Waals surface area contributed by atoms with E-state index in [9.17, 15) is 18.0 Å². The van der Waals surface area contributed by atoms with Gasteiger partial charge >= 0.3 is 11.9 Å². The molecule has 0 bridgehead atoms. The fourth-order valence-corrected chi connectivity index (χ4v) is 2.30. The number of ether oxygens (including phenoxy) is 1. The number of hydrogen-bond donors (Lipinski definition) is 1. The van der Waals surface area contributed by atoms with Crippen molar-refractivity contribution in [3.63, 3.8) is 0 Å². The summed E-state index contributed by atoms with van der Waals surface area (Å²) < 4.78 is 48.1. The van der Waals surface area contributed by atoms with Crippen LogP contribution < -0.4 is 10.5 Å². The summed E-state index contributed by atoms with van der Waals surface area (Å²) in [5.74, 6) is -0.944. The molecule has 0 saturated heterocycles. The van der Waals surface area contributed by atoms with Crippen molar-refractivity contribution in [2.45, 2.75) is 12.6 Å². The molecule has 0 aliphatic rings. The number of hydrogen-bond acceptors (Lipinski definition) is 6. The van der Waals surface area contributed by atoms with Gasteiger partial charge in [0.1, 0.15) is 11.4 Å². The quantitative estimate of drug-likeness (QED) is 0.775. The first-order valence-electron chi connectivity index (χ1n) is 6.99. The maximum atomic E-state index is 12.9. The zero-order valence-corrected chi connectivity index (χ0v) is 12.8. The topological polar surface area (TPSA) is 93.9 Å². The molecule has 25 heavy (non-hydrogen) atoms. The van der Waals surface area contributed by atoms with Gasteiger partial charge in [-0.2, -0.15) is 13.2 Å². The van der Waals surface area contributed by atoms with Gasteiger partial charge in [-0.25, -0.2) is 9.78 Å². The van der Waals surface area contributed by atoms with E-state index in [0.717, 1.165) is 6.07 Å². The zero-order chi connectivity index (χ0) is 18.0. The molecule has 2 aromatic heterocycles. The van der Waals surface area contributed by atoms with Crippen molar-refractivity contribution < 1.29 is 22.4 Å². The van der Waals surface area contributed by atoms with Gasteiger partial charge < -0.3 is 4.74 Å². The number of methoxy groups -OCH3 is 1. The lowest BCUT2D eigenvalue weighted by molar-refractivity contribution is -0.138. The van der Waals surface area contributed by atoms with Crippen molar-refractivity contribution in [1.82, 2.24) is 20.1 Å². The first-order chi connectivity index (χ1) is 11.9. The highest BCUT2D eigenvalue weighted by Crippen LogP contribution is 2.37. The molecule has 0 aliphatic heterocycles. The molecule has 0 amide bonds. The molecule has 3 rings (SSSR count). The highest BCUT2D eigenvalue weighted by atomic mass is 19.4. The van der Waals surface area contributed by atoms with Crippen LogP contribution in [-0.4, -0.2) is 27.2 Å². The van der Waals surface area contributed by atoms with E-state index in [2.05, 4.69) is 24.6 Å². The highest BCUT2D eigenvalue weighted by molar-refractivity contribution is 5.52. The molecular formula is C15H11F3N4O3. The third-order valence-electron chi connectivity index (χ3n) is 3.38. The average Bonchev–Trinajstić information content (AvgIpc) is 3.00. The minimum absolute atomic E-state index is 0.0898. The molecule has 0 unspecified atom stereocenters. The number of halogens is 3. The number of benzene rings is 1. The standard InChI is InChI=1S/C15H11F3N4O3/c1-24-11-7-8(2-3-9(11)15(16,17)18)6-10-12(20-5-4-19-10)13-21-14(23)25-22-13/h2-5,7H,6H2,1H3,(H,21,22,23). The number of aromatic amines is 1. The molecule has 0 aliphatic carbocycles. The highest BCUT2D eigenvalue weighted by Gasteiger charge is 2.34. The molecule has 1 N–H and O–H groups in total. The van der Waals surface area contributed by atoms with Crippen molar-refractivity contribution >= 4 is 0 Å². The minimum atomic E-state index is -4.51. The Morgan fingerprint density at radius 2 is 2.00 bits per heavy atom. The Kier molecular flexibility index (Phi) is 4.26. The van der Waals surface area contributed by atoms with Crippen LogP contribution in [0, 0.1) is 0 Å². The second-order valence-electron chi connectivity index (χ2n) is 5.00. The number of rotatable bonds is 4. The lowest BCUT2D eigenvalue weighted by Crippen LogP contribution is -2.08. The van der Waals surface area contributed by atoms with Crippen molar-refractivity contribution in [3.05, 3.63) is 58.0 Å². The summed E-state index contributed by atoms with van der Waals surface area (Å²) in [5, 5.41) is 3.55. The Morgan fingerprint density at radius 3 is 2.64 bits per heavy atom. The van der Waals surface area contributed by atoms with Crippen LogP contribution in [0.2, 0.25) is 0 Å². The molecule has 2 heterocycles. The number of nitrogens with zero attached hydrogens (tertiary/aromatic N) is 3. The normalized spacial score (nSPS) is 11.5. The molecule has 0 fully saturated rings. The Balaban J connectivity index is 1.97. The van der Waals surface area contributed by atoms with E-state index in [4.69, 9.17) is 4.74 Å². The number of H-pyrrole nitrogens is 1. The second kappa shape index (κ2) is 6.38. The molecule has 7 nitrogen and oxygen atoms in total. The minimum Gasteiger partial charge on any atom is -0.496 e. The van der Waals surface area contributed by atoms with Crippen LogP contribution in [0.1, 0.15) is 16.8 Å². The molecular weight excluding hydrogens is 341 g/mol. The molecule has 0 spiro atoms. The van der Waals surface area contributed by atoms with Crippen molar-refractivity contribution in [1.29, 1.82) is 0 Å². The number of nitrogens with one attached hydrogen (secondary N) is 1. The van der Waals surface area contributed by atoms with E-state index in [1.807, 2.05) is 0 Å². The summed E-state index contributed by atoms with van der Waals surface area (Å²) >= 11 is 0. The van der Waals surface area contributed by atoms with E-state index in [0.29, 0.717) is 11.3 Å². The predicted octanol–water partition coefficient (Wildman–Crippen LogP) is 2.44. The summed E-state index contributed by atoms with van der Waals surface area (Å²) in [6.07, 6.45) is -1.52. The van der Waals surface area contributed by atoms with Gasteiger partial charge in [0.2, 0.25) is 5.82 Å². The number of alkyl halides is 3. The lowest BCUT2D eigenvalue weighted by atomic mass is 10.0. The van der Waals surface area contributed by atoms with Crippen LogP contribution in [0.15, 0.2) is 39.9 Å². The summed E-state index contributed by atoms with van der Waals surface area (Å²) in [7, 11) is 1.17. The first-order valence-corrected chi connectivity index (χ1v) is 6.99. The van der Waals surface area contributed by atoms with Crippen LogP contribution in [0.4, 0.5) is 13.2 Å². The fraction of sp³-hybridized carbons (Fsp3) is 0.200. The third kappa shape index (κ3) is 3.52.